The summed E-state index contributed by atoms with van der Waals surface area (Å²) < 4.78 is 6.11. The lowest BCUT2D eigenvalue weighted by Crippen LogP contribution is -2.23. The minimum Gasteiger partial charge on any atom is -0.507 e. The molecule has 7 nitrogen and oxygen atoms in total. The number of aromatic carboxylic acids is 1. The van der Waals surface area contributed by atoms with Crippen molar-refractivity contribution in [1.82, 2.24) is 5.43 Å². The smallest absolute Gasteiger partial charge is 0.335 e. The zero-order valence-electron chi connectivity index (χ0n) is 18.2. The number of anilines is 1. The highest BCUT2D eigenvalue weighted by Crippen LogP contribution is 2.39. The molecule has 0 bridgehead atoms. The number of phenols is 1. The first-order chi connectivity index (χ1) is 17.0. The van der Waals surface area contributed by atoms with E-state index in [9.17, 15) is 9.90 Å². The summed E-state index contributed by atoms with van der Waals surface area (Å²) in [6.07, 6.45) is 1.47. The molecule has 8 heteroatoms. The number of fused-ring (bicyclic) bond motifs is 3. The highest BCUT2D eigenvalue weighted by Gasteiger charge is 2.15. The molecular weight excluding hydrogens is 462 g/mol. The van der Waals surface area contributed by atoms with E-state index in [2.05, 4.69) is 15.8 Å². The topological polar surface area (TPSA) is 107 Å². The summed E-state index contributed by atoms with van der Waals surface area (Å²) in [4.78, 5) is 11.0. The number of rotatable bonds is 5. The molecule has 5 aromatic rings. The molecule has 0 unspecified atom stereocenters. The van der Waals surface area contributed by atoms with Crippen LogP contribution in [0.1, 0.15) is 15.9 Å². The minimum absolute atomic E-state index is 0.0640. The van der Waals surface area contributed by atoms with E-state index in [1.165, 1.54) is 18.3 Å². The standard InChI is InChI=1S/C27H19N3O4S/c31-24-17(15-28-30-27(35)29-18-13-11-16(12-14-18)26(32)33)5-3-7-20(24)22-9-4-8-21-19-6-1-2-10-23(19)34-25(21)22/h1-15,31H,(H,32,33)(H2,29,30,35)/b28-15+. The van der Waals surface area contributed by atoms with E-state index in [0.717, 1.165) is 21.9 Å². The summed E-state index contributed by atoms with van der Waals surface area (Å²) in [5.74, 6) is -0.936. The molecule has 0 fully saturated rings. The average molecular weight is 482 g/mol. The maximum atomic E-state index is 11.0. The Bertz CT molecular complexity index is 1610. The first-order valence-corrected chi connectivity index (χ1v) is 11.1. The van der Waals surface area contributed by atoms with Crippen LogP contribution in [0.15, 0.2) is 94.4 Å². The van der Waals surface area contributed by atoms with Gasteiger partial charge in [0, 0.05) is 33.2 Å². The molecule has 5 rings (SSSR count). The number of nitrogens with one attached hydrogen (secondary N) is 2. The summed E-state index contributed by atoms with van der Waals surface area (Å²) in [6.45, 7) is 0. The van der Waals surface area contributed by atoms with Gasteiger partial charge in [-0.1, -0.05) is 48.5 Å². The Morgan fingerprint density at radius 3 is 2.40 bits per heavy atom. The zero-order chi connectivity index (χ0) is 24.4. The van der Waals surface area contributed by atoms with Gasteiger partial charge in [0.15, 0.2) is 5.11 Å². The van der Waals surface area contributed by atoms with Crippen molar-refractivity contribution < 1.29 is 19.4 Å². The van der Waals surface area contributed by atoms with Gasteiger partial charge < -0.3 is 19.9 Å². The molecule has 0 amide bonds. The first-order valence-electron chi connectivity index (χ1n) is 10.7. The molecule has 0 atom stereocenters. The number of thiocarbonyl (C=S) groups is 1. The molecule has 0 radical (unpaired) electrons. The number of carboxylic acid groups (broad SMARTS) is 1. The number of para-hydroxylation sites is 3. The van der Waals surface area contributed by atoms with E-state index in [1.54, 1.807) is 18.2 Å². The van der Waals surface area contributed by atoms with Crippen LogP contribution in [-0.4, -0.2) is 27.5 Å². The van der Waals surface area contributed by atoms with E-state index in [1.807, 2.05) is 54.6 Å². The van der Waals surface area contributed by atoms with E-state index < -0.39 is 5.97 Å². The van der Waals surface area contributed by atoms with Crippen molar-refractivity contribution >= 4 is 57.1 Å². The quantitative estimate of drug-likeness (QED) is 0.139. The van der Waals surface area contributed by atoms with Crippen molar-refractivity contribution in [1.29, 1.82) is 0 Å². The van der Waals surface area contributed by atoms with Gasteiger partial charge in [0.25, 0.3) is 0 Å². The Hall–Kier alpha value is -4.69. The third-order valence-electron chi connectivity index (χ3n) is 5.52. The fourth-order valence-corrected chi connectivity index (χ4v) is 4.03. The second-order valence-electron chi connectivity index (χ2n) is 7.73. The van der Waals surface area contributed by atoms with Gasteiger partial charge in [-0.2, -0.15) is 5.10 Å². The largest absolute Gasteiger partial charge is 0.507 e. The van der Waals surface area contributed by atoms with Crippen molar-refractivity contribution in [3.8, 4) is 16.9 Å². The second kappa shape index (κ2) is 9.28. The van der Waals surface area contributed by atoms with Gasteiger partial charge in [-0.25, -0.2) is 4.79 Å². The number of phenolic OH excluding ortho intramolecular Hbond substituents is 1. The molecule has 4 aromatic carbocycles. The van der Waals surface area contributed by atoms with Gasteiger partial charge in [0.2, 0.25) is 0 Å². The number of nitrogens with zero attached hydrogens (tertiary/aromatic N) is 1. The summed E-state index contributed by atoms with van der Waals surface area (Å²) in [5.41, 5.74) is 6.88. The lowest BCUT2D eigenvalue weighted by molar-refractivity contribution is 0.0697. The van der Waals surface area contributed by atoms with Gasteiger partial charge in [-0.05, 0) is 48.6 Å². The summed E-state index contributed by atoms with van der Waals surface area (Å²) in [7, 11) is 0. The fraction of sp³-hybridized carbons (Fsp3) is 0. The van der Waals surface area contributed by atoms with E-state index >= 15 is 0 Å². The van der Waals surface area contributed by atoms with Gasteiger partial charge in [0.05, 0.1) is 11.8 Å². The van der Waals surface area contributed by atoms with Crippen molar-refractivity contribution in [3.63, 3.8) is 0 Å². The number of furan rings is 1. The summed E-state index contributed by atoms with van der Waals surface area (Å²) in [6, 6.07) is 25.2. The van der Waals surface area contributed by atoms with Crippen LogP contribution in [0, 0.1) is 0 Å². The van der Waals surface area contributed by atoms with Crippen LogP contribution >= 0.6 is 12.2 Å². The number of hydrazone groups is 1. The van der Waals surface area contributed by atoms with Crippen LogP contribution < -0.4 is 10.7 Å². The number of carboxylic acids is 1. The van der Waals surface area contributed by atoms with Crippen molar-refractivity contribution in [3.05, 3.63) is 96.1 Å². The van der Waals surface area contributed by atoms with Crippen LogP contribution in [0.4, 0.5) is 5.69 Å². The number of hydrogen-bond acceptors (Lipinski definition) is 5. The maximum absolute atomic E-state index is 11.0. The molecule has 0 aliphatic rings. The number of benzene rings is 4. The molecule has 172 valence electrons. The molecule has 4 N–H and O–H groups in total. The number of hydrogen-bond donors (Lipinski definition) is 4. The summed E-state index contributed by atoms with van der Waals surface area (Å²) >= 11 is 5.23. The van der Waals surface area contributed by atoms with Crippen molar-refractivity contribution in [2.24, 2.45) is 5.10 Å². The van der Waals surface area contributed by atoms with Gasteiger partial charge in [-0.3, -0.25) is 5.43 Å². The van der Waals surface area contributed by atoms with Crippen LogP contribution in [0.3, 0.4) is 0 Å². The monoisotopic (exact) mass is 481 g/mol. The van der Waals surface area contributed by atoms with Crippen molar-refractivity contribution in [2.45, 2.75) is 0 Å². The molecule has 0 aliphatic carbocycles. The minimum atomic E-state index is -1.000. The van der Waals surface area contributed by atoms with Gasteiger partial charge >= 0.3 is 5.97 Å². The Balaban J connectivity index is 1.36. The third-order valence-corrected chi connectivity index (χ3v) is 5.71. The number of carbonyl (C=O) groups is 1. The molecule has 0 spiro atoms. The SMILES string of the molecule is O=C(O)c1ccc(NC(=S)N/N=C/c2cccc(-c3cccc4c3oc3ccccc34)c2O)cc1. The maximum Gasteiger partial charge on any atom is 0.335 e. The number of aromatic hydroxyl groups is 1. The highest BCUT2D eigenvalue weighted by atomic mass is 32.1. The average Bonchev–Trinajstić information content (AvgIpc) is 3.24. The first kappa shape index (κ1) is 22.1. The van der Waals surface area contributed by atoms with Crippen LogP contribution in [0.25, 0.3) is 33.1 Å². The van der Waals surface area contributed by atoms with Crippen LogP contribution in [0.2, 0.25) is 0 Å². The lowest BCUT2D eigenvalue weighted by atomic mass is 9.99. The third kappa shape index (κ3) is 4.42. The van der Waals surface area contributed by atoms with E-state index in [-0.39, 0.29) is 16.4 Å². The lowest BCUT2D eigenvalue weighted by Gasteiger charge is -2.09. The Kier molecular flexibility index (Phi) is 5.87. The summed E-state index contributed by atoms with van der Waals surface area (Å²) in [5, 5.41) is 29.2. The van der Waals surface area contributed by atoms with Crippen LogP contribution in [0.5, 0.6) is 5.75 Å². The molecule has 0 saturated heterocycles. The fourth-order valence-electron chi connectivity index (χ4n) is 3.86. The molecule has 1 aromatic heterocycles. The second-order valence-corrected chi connectivity index (χ2v) is 8.14. The Morgan fingerprint density at radius 1 is 0.886 bits per heavy atom. The van der Waals surface area contributed by atoms with Gasteiger partial charge in [-0.15, -0.1) is 0 Å². The zero-order valence-corrected chi connectivity index (χ0v) is 19.0. The molecule has 0 saturated carbocycles. The molecule has 1 heterocycles. The van der Waals surface area contributed by atoms with E-state index in [0.29, 0.717) is 22.4 Å². The van der Waals surface area contributed by atoms with E-state index in [4.69, 9.17) is 21.7 Å². The highest BCUT2D eigenvalue weighted by molar-refractivity contribution is 7.80. The normalized spacial score (nSPS) is 11.2. The predicted octanol–water partition coefficient (Wildman–Crippen LogP) is 5.98. The predicted molar refractivity (Wildman–Crippen MR) is 141 cm³/mol. The Labute approximate surface area is 205 Å². The molecule has 35 heavy (non-hydrogen) atoms. The Morgan fingerprint density at radius 2 is 1.60 bits per heavy atom. The van der Waals surface area contributed by atoms with Crippen molar-refractivity contribution in [2.75, 3.05) is 5.32 Å². The molecule has 0 aliphatic heterocycles. The van der Waals surface area contributed by atoms with Crippen LogP contribution in [-0.2, 0) is 0 Å². The molecular formula is C27H19N3O4S. The van der Waals surface area contributed by atoms with Gasteiger partial charge in [0.1, 0.15) is 16.9 Å².